The molecule has 4 nitrogen and oxygen atoms in total. The number of esters is 1. The zero-order chi connectivity index (χ0) is 18.6. The molecule has 0 spiro atoms. The van der Waals surface area contributed by atoms with Crippen LogP contribution in [0.1, 0.15) is 66.2 Å². The van der Waals surface area contributed by atoms with Crippen LogP contribution in [-0.4, -0.2) is 36.0 Å². The first-order valence-corrected chi connectivity index (χ1v) is 9.23. The molecular weight excluding hydrogens is 316 g/mol. The number of carbonyl (C=O) groups excluding carboxylic acids is 1. The first-order chi connectivity index (χ1) is 11.8. The molecule has 0 fully saturated rings. The second-order valence-corrected chi connectivity index (χ2v) is 7.65. The van der Waals surface area contributed by atoms with Gasteiger partial charge in [0.05, 0.1) is 11.7 Å². The molecule has 1 aliphatic carbocycles. The van der Waals surface area contributed by atoms with Crippen molar-refractivity contribution in [1.82, 2.24) is 0 Å². The molecule has 1 N–H and O–H groups in total. The van der Waals surface area contributed by atoms with E-state index in [0.717, 1.165) is 48.8 Å². The lowest BCUT2D eigenvalue weighted by molar-refractivity contribution is -0.138. The van der Waals surface area contributed by atoms with Gasteiger partial charge in [-0.25, -0.2) is 4.79 Å². The third kappa shape index (κ3) is 4.83. The topological polar surface area (TPSA) is 55.8 Å². The fourth-order valence-electron chi connectivity index (χ4n) is 3.54. The number of aliphatic hydroxyl groups is 1. The van der Waals surface area contributed by atoms with E-state index in [1.165, 1.54) is 5.57 Å². The van der Waals surface area contributed by atoms with Gasteiger partial charge in [0.2, 0.25) is 0 Å². The average molecular weight is 348 g/mol. The molecule has 3 atom stereocenters. The van der Waals surface area contributed by atoms with Crippen LogP contribution in [0.5, 0.6) is 0 Å². The van der Waals surface area contributed by atoms with Crippen molar-refractivity contribution in [3.63, 3.8) is 0 Å². The van der Waals surface area contributed by atoms with E-state index in [4.69, 9.17) is 9.47 Å². The maximum Gasteiger partial charge on any atom is 0.334 e. The molecule has 25 heavy (non-hydrogen) atoms. The van der Waals surface area contributed by atoms with Gasteiger partial charge in [-0.05, 0) is 77.9 Å². The SMILES string of the molecule is COC1(C)CCC=C(C)CCC2=C(C)C(=O)OC2C=C(C)CCC1O. The van der Waals surface area contributed by atoms with E-state index in [1.54, 1.807) is 7.11 Å². The summed E-state index contributed by atoms with van der Waals surface area (Å²) in [6.45, 7) is 7.99. The summed E-state index contributed by atoms with van der Waals surface area (Å²) >= 11 is 0. The van der Waals surface area contributed by atoms with Crippen LogP contribution >= 0.6 is 0 Å². The van der Waals surface area contributed by atoms with Crippen LogP contribution in [0.15, 0.2) is 34.4 Å². The van der Waals surface area contributed by atoms with Crippen molar-refractivity contribution < 1.29 is 19.4 Å². The maximum absolute atomic E-state index is 12.0. The lowest BCUT2D eigenvalue weighted by Crippen LogP contribution is -2.41. The average Bonchev–Trinajstić information content (AvgIpc) is 2.83. The molecule has 0 amide bonds. The number of hydrogen-bond donors (Lipinski definition) is 1. The molecule has 2 aliphatic rings. The Morgan fingerprint density at radius 2 is 1.92 bits per heavy atom. The molecule has 0 saturated heterocycles. The quantitative estimate of drug-likeness (QED) is 0.569. The highest BCUT2D eigenvalue weighted by Gasteiger charge is 2.33. The van der Waals surface area contributed by atoms with E-state index < -0.39 is 11.7 Å². The number of carbonyl (C=O) groups is 1. The Hall–Kier alpha value is -1.39. The van der Waals surface area contributed by atoms with E-state index in [1.807, 2.05) is 26.8 Å². The van der Waals surface area contributed by atoms with E-state index >= 15 is 0 Å². The van der Waals surface area contributed by atoms with Gasteiger partial charge < -0.3 is 14.6 Å². The number of rotatable bonds is 1. The lowest BCUT2D eigenvalue weighted by Gasteiger charge is -2.33. The molecule has 0 aromatic carbocycles. The third-order valence-corrected chi connectivity index (χ3v) is 5.71. The minimum absolute atomic E-state index is 0.206. The zero-order valence-electron chi connectivity index (χ0n) is 16.2. The molecule has 1 aliphatic heterocycles. The standard InChI is InChI=1S/C21H32O4/c1-14-7-6-12-21(4,24-5)19(22)11-9-15(2)13-18-17(10-8-14)16(3)20(23)25-18/h7,13,18-19,22H,6,8-12H2,1-5H3. The second-order valence-electron chi connectivity index (χ2n) is 7.65. The molecule has 2 rings (SSSR count). The monoisotopic (exact) mass is 348 g/mol. The minimum Gasteiger partial charge on any atom is -0.450 e. The van der Waals surface area contributed by atoms with Crippen LogP contribution in [0.4, 0.5) is 0 Å². The van der Waals surface area contributed by atoms with E-state index in [2.05, 4.69) is 13.0 Å². The largest absolute Gasteiger partial charge is 0.450 e. The van der Waals surface area contributed by atoms with Gasteiger partial charge in [-0.3, -0.25) is 0 Å². The Kier molecular flexibility index (Phi) is 6.64. The molecule has 0 aromatic rings. The molecule has 4 heteroatoms. The van der Waals surface area contributed by atoms with Gasteiger partial charge in [-0.1, -0.05) is 17.2 Å². The van der Waals surface area contributed by atoms with Gasteiger partial charge in [0.15, 0.2) is 0 Å². The Morgan fingerprint density at radius 3 is 2.60 bits per heavy atom. The Labute approximate surface area is 151 Å². The highest BCUT2D eigenvalue weighted by molar-refractivity contribution is 5.92. The number of ether oxygens (including phenoxy) is 2. The maximum atomic E-state index is 12.0. The van der Waals surface area contributed by atoms with Gasteiger partial charge in [0.25, 0.3) is 0 Å². The van der Waals surface area contributed by atoms with Gasteiger partial charge in [-0.15, -0.1) is 0 Å². The van der Waals surface area contributed by atoms with E-state index in [-0.39, 0.29) is 12.1 Å². The number of hydrogen-bond acceptors (Lipinski definition) is 4. The minimum atomic E-state index is -0.539. The van der Waals surface area contributed by atoms with E-state index in [0.29, 0.717) is 6.42 Å². The summed E-state index contributed by atoms with van der Waals surface area (Å²) in [5.41, 5.74) is 3.73. The summed E-state index contributed by atoms with van der Waals surface area (Å²) in [5.74, 6) is -0.206. The van der Waals surface area contributed by atoms with Crippen LogP contribution in [0.3, 0.4) is 0 Å². The number of methoxy groups -OCH3 is 1. The number of aliphatic hydroxyl groups excluding tert-OH is 1. The predicted molar refractivity (Wildman–Crippen MR) is 99.2 cm³/mol. The highest BCUT2D eigenvalue weighted by Crippen LogP contribution is 2.31. The molecule has 1 heterocycles. The first kappa shape index (κ1) is 19.9. The van der Waals surface area contributed by atoms with Crippen molar-refractivity contribution in [2.45, 2.75) is 84.0 Å². The number of allylic oxidation sites excluding steroid dienone is 3. The van der Waals surface area contributed by atoms with Crippen molar-refractivity contribution in [3.05, 3.63) is 34.4 Å². The summed E-state index contributed by atoms with van der Waals surface area (Å²) < 4.78 is 11.2. The van der Waals surface area contributed by atoms with Crippen molar-refractivity contribution in [2.75, 3.05) is 7.11 Å². The fraction of sp³-hybridized carbons (Fsp3) is 0.667. The summed E-state index contributed by atoms with van der Waals surface area (Å²) in [6.07, 6.45) is 8.29. The Bertz CT molecular complexity index is 599. The van der Waals surface area contributed by atoms with Crippen molar-refractivity contribution in [1.29, 1.82) is 0 Å². The number of fused-ring (bicyclic) bond motifs is 1. The van der Waals surface area contributed by atoms with Gasteiger partial charge in [0, 0.05) is 12.7 Å². The molecule has 140 valence electrons. The van der Waals surface area contributed by atoms with Crippen molar-refractivity contribution in [2.24, 2.45) is 0 Å². The van der Waals surface area contributed by atoms with Gasteiger partial charge in [-0.2, -0.15) is 0 Å². The molecule has 0 radical (unpaired) electrons. The summed E-state index contributed by atoms with van der Waals surface area (Å²) in [7, 11) is 1.67. The Morgan fingerprint density at radius 1 is 1.20 bits per heavy atom. The third-order valence-electron chi connectivity index (χ3n) is 5.71. The zero-order valence-corrected chi connectivity index (χ0v) is 16.2. The van der Waals surface area contributed by atoms with Crippen LogP contribution in [0.25, 0.3) is 0 Å². The molecule has 0 saturated carbocycles. The smallest absolute Gasteiger partial charge is 0.334 e. The van der Waals surface area contributed by atoms with Gasteiger partial charge in [0.1, 0.15) is 6.10 Å². The van der Waals surface area contributed by atoms with Crippen LogP contribution in [-0.2, 0) is 14.3 Å². The summed E-state index contributed by atoms with van der Waals surface area (Å²) in [4.78, 5) is 12.0. The summed E-state index contributed by atoms with van der Waals surface area (Å²) in [6, 6.07) is 0. The molecular formula is C21H32O4. The van der Waals surface area contributed by atoms with Crippen LogP contribution < -0.4 is 0 Å². The second kappa shape index (κ2) is 8.33. The first-order valence-electron chi connectivity index (χ1n) is 9.23. The van der Waals surface area contributed by atoms with Crippen LogP contribution in [0.2, 0.25) is 0 Å². The molecule has 3 unspecified atom stereocenters. The predicted octanol–water partition coefficient (Wildman–Crippen LogP) is 4.24. The fourth-order valence-corrected chi connectivity index (χ4v) is 3.54. The van der Waals surface area contributed by atoms with Crippen molar-refractivity contribution >= 4 is 5.97 Å². The lowest BCUT2D eigenvalue weighted by atomic mass is 9.87. The van der Waals surface area contributed by atoms with Crippen molar-refractivity contribution in [3.8, 4) is 0 Å². The van der Waals surface area contributed by atoms with E-state index in [9.17, 15) is 9.90 Å². The molecule has 0 bridgehead atoms. The van der Waals surface area contributed by atoms with Gasteiger partial charge >= 0.3 is 5.97 Å². The summed E-state index contributed by atoms with van der Waals surface area (Å²) in [5, 5.41) is 10.6. The molecule has 0 aromatic heterocycles. The normalized spacial score (nSPS) is 32.5. The highest BCUT2D eigenvalue weighted by atomic mass is 16.5. The Balaban J connectivity index is 2.27. The van der Waals surface area contributed by atoms with Crippen LogP contribution in [0, 0.1) is 0 Å².